The summed E-state index contributed by atoms with van der Waals surface area (Å²) < 4.78 is 0. The first-order chi connectivity index (χ1) is 7.81. The van der Waals surface area contributed by atoms with Gasteiger partial charge in [0.05, 0.1) is 22.7 Å². The number of fused-ring (bicyclic) bond motifs is 3. The highest BCUT2D eigenvalue weighted by molar-refractivity contribution is 6.36. The number of benzene rings is 1. The zero-order valence-electron chi connectivity index (χ0n) is 8.37. The molecule has 0 bridgehead atoms. The normalized spacial score (nSPS) is 11.4. The molecule has 0 aliphatic rings. The fourth-order valence-corrected chi connectivity index (χ4v) is 2.14. The molecule has 2 heterocycles. The second kappa shape index (κ2) is 3.47. The van der Waals surface area contributed by atoms with E-state index in [-0.39, 0.29) is 6.61 Å². The molecule has 3 aromatic rings. The number of para-hydroxylation sites is 1. The number of nitrogens with one attached hydrogen (secondary N) is 1. The number of aliphatic hydroxyl groups excluding tert-OH is 1. The molecule has 0 fully saturated rings. The average molecular weight is 233 g/mol. The van der Waals surface area contributed by atoms with Crippen LogP contribution in [0.4, 0.5) is 0 Å². The van der Waals surface area contributed by atoms with E-state index in [1.165, 1.54) is 0 Å². The van der Waals surface area contributed by atoms with E-state index in [0.717, 1.165) is 21.9 Å². The molecule has 3 nitrogen and oxygen atoms in total. The van der Waals surface area contributed by atoms with Crippen LogP contribution in [-0.4, -0.2) is 15.1 Å². The minimum atomic E-state index is -0.100. The molecule has 80 valence electrons. The zero-order valence-corrected chi connectivity index (χ0v) is 9.12. The van der Waals surface area contributed by atoms with Crippen molar-refractivity contribution in [3.05, 3.63) is 41.0 Å². The summed E-state index contributed by atoms with van der Waals surface area (Å²) in [5, 5.41) is 10.7. The van der Waals surface area contributed by atoms with Crippen LogP contribution < -0.4 is 0 Å². The number of halogens is 1. The first kappa shape index (κ1) is 9.63. The number of aliphatic hydroxyl groups is 1. The summed E-state index contributed by atoms with van der Waals surface area (Å²) in [6, 6.07) is 7.89. The van der Waals surface area contributed by atoms with Crippen molar-refractivity contribution in [2.24, 2.45) is 0 Å². The molecule has 16 heavy (non-hydrogen) atoms. The number of nitrogens with zero attached hydrogens (tertiary/aromatic N) is 1. The number of pyridine rings is 1. The number of hydrogen-bond acceptors (Lipinski definition) is 2. The Balaban J connectivity index is 2.49. The Morgan fingerprint density at radius 1 is 1.31 bits per heavy atom. The third kappa shape index (κ3) is 1.22. The van der Waals surface area contributed by atoms with Gasteiger partial charge in [0.25, 0.3) is 0 Å². The van der Waals surface area contributed by atoms with Crippen molar-refractivity contribution < 1.29 is 5.11 Å². The molecular weight excluding hydrogens is 224 g/mol. The quantitative estimate of drug-likeness (QED) is 0.678. The Labute approximate surface area is 96.7 Å². The molecule has 0 atom stereocenters. The fraction of sp³-hybridized carbons (Fsp3) is 0.0833. The maximum Gasteiger partial charge on any atom is 0.0973 e. The van der Waals surface area contributed by atoms with Crippen LogP contribution >= 0.6 is 11.6 Å². The van der Waals surface area contributed by atoms with Crippen LogP contribution in [0.5, 0.6) is 0 Å². The second-order valence-electron chi connectivity index (χ2n) is 3.65. The van der Waals surface area contributed by atoms with Crippen molar-refractivity contribution in [1.82, 2.24) is 9.97 Å². The van der Waals surface area contributed by atoms with Crippen LogP contribution in [0.1, 0.15) is 5.56 Å². The summed E-state index contributed by atoms with van der Waals surface area (Å²) in [7, 11) is 0. The number of hydrogen-bond donors (Lipinski definition) is 2. The van der Waals surface area contributed by atoms with Crippen LogP contribution in [0.3, 0.4) is 0 Å². The van der Waals surface area contributed by atoms with E-state index in [1.807, 2.05) is 24.3 Å². The SMILES string of the molecule is OCc1cnc2c([nH]c3ccccc32)c1Cl. The zero-order chi connectivity index (χ0) is 11.1. The Kier molecular flexibility index (Phi) is 2.09. The van der Waals surface area contributed by atoms with Crippen LogP contribution in [0.2, 0.25) is 5.02 Å². The summed E-state index contributed by atoms with van der Waals surface area (Å²) in [4.78, 5) is 7.54. The van der Waals surface area contributed by atoms with Crippen LogP contribution in [-0.2, 0) is 6.61 Å². The molecular formula is C12H9ClN2O. The summed E-state index contributed by atoms with van der Waals surface area (Å²) in [5.41, 5.74) is 3.27. The topological polar surface area (TPSA) is 48.9 Å². The fourth-order valence-electron chi connectivity index (χ4n) is 1.89. The van der Waals surface area contributed by atoms with Crippen molar-refractivity contribution in [3.63, 3.8) is 0 Å². The van der Waals surface area contributed by atoms with Gasteiger partial charge in [-0.1, -0.05) is 29.8 Å². The van der Waals surface area contributed by atoms with Crippen LogP contribution in [0.15, 0.2) is 30.5 Å². The molecule has 0 saturated heterocycles. The van der Waals surface area contributed by atoms with Crippen molar-refractivity contribution in [1.29, 1.82) is 0 Å². The number of aromatic amines is 1. The second-order valence-corrected chi connectivity index (χ2v) is 4.03. The van der Waals surface area contributed by atoms with Gasteiger partial charge >= 0.3 is 0 Å². The molecule has 0 amide bonds. The maximum atomic E-state index is 9.11. The van der Waals surface area contributed by atoms with E-state index in [2.05, 4.69) is 9.97 Å². The van der Waals surface area contributed by atoms with Crippen LogP contribution in [0, 0.1) is 0 Å². The van der Waals surface area contributed by atoms with Gasteiger partial charge < -0.3 is 10.1 Å². The Hall–Kier alpha value is -1.58. The number of rotatable bonds is 1. The van der Waals surface area contributed by atoms with E-state index in [4.69, 9.17) is 16.7 Å². The summed E-state index contributed by atoms with van der Waals surface area (Å²) in [5.74, 6) is 0. The van der Waals surface area contributed by atoms with E-state index >= 15 is 0 Å². The molecule has 0 unspecified atom stereocenters. The van der Waals surface area contributed by atoms with Crippen molar-refractivity contribution >= 4 is 33.5 Å². The predicted octanol–water partition coefficient (Wildman–Crippen LogP) is 2.86. The minimum Gasteiger partial charge on any atom is -0.392 e. The lowest BCUT2D eigenvalue weighted by Crippen LogP contribution is -1.88. The first-order valence-electron chi connectivity index (χ1n) is 4.96. The third-order valence-electron chi connectivity index (χ3n) is 2.70. The molecule has 0 aliphatic carbocycles. The monoisotopic (exact) mass is 232 g/mol. The Morgan fingerprint density at radius 2 is 2.12 bits per heavy atom. The van der Waals surface area contributed by atoms with Crippen LogP contribution in [0.25, 0.3) is 21.9 Å². The van der Waals surface area contributed by atoms with E-state index in [1.54, 1.807) is 6.20 Å². The molecule has 2 N–H and O–H groups in total. The van der Waals surface area contributed by atoms with E-state index in [9.17, 15) is 0 Å². The smallest absolute Gasteiger partial charge is 0.0973 e. The maximum absolute atomic E-state index is 9.11. The lowest BCUT2D eigenvalue weighted by molar-refractivity contribution is 0.281. The largest absolute Gasteiger partial charge is 0.392 e. The van der Waals surface area contributed by atoms with E-state index in [0.29, 0.717) is 10.6 Å². The molecule has 0 saturated carbocycles. The van der Waals surface area contributed by atoms with Gasteiger partial charge in [-0.3, -0.25) is 4.98 Å². The van der Waals surface area contributed by atoms with Gasteiger partial charge in [0.1, 0.15) is 0 Å². The molecule has 2 aromatic heterocycles. The van der Waals surface area contributed by atoms with Gasteiger partial charge in [-0.2, -0.15) is 0 Å². The molecule has 0 radical (unpaired) electrons. The van der Waals surface area contributed by atoms with Crippen molar-refractivity contribution in [3.8, 4) is 0 Å². The van der Waals surface area contributed by atoms with Crippen molar-refractivity contribution in [2.45, 2.75) is 6.61 Å². The standard InChI is InChI=1S/C12H9ClN2O/c13-10-7(6-16)5-14-11-8-3-1-2-4-9(8)15-12(10)11/h1-5,15-16H,6H2. The number of aromatic nitrogens is 2. The molecule has 4 heteroatoms. The van der Waals surface area contributed by atoms with Gasteiger partial charge in [0.2, 0.25) is 0 Å². The lowest BCUT2D eigenvalue weighted by Gasteiger charge is -1.99. The van der Waals surface area contributed by atoms with Crippen molar-refractivity contribution in [2.75, 3.05) is 0 Å². The van der Waals surface area contributed by atoms with Gasteiger partial charge in [-0.25, -0.2) is 0 Å². The third-order valence-corrected chi connectivity index (χ3v) is 3.13. The molecule has 3 rings (SSSR count). The van der Waals surface area contributed by atoms with Gasteiger partial charge in [-0.05, 0) is 6.07 Å². The Morgan fingerprint density at radius 3 is 2.94 bits per heavy atom. The minimum absolute atomic E-state index is 0.100. The van der Waals surface area contributed by atoms with Gasteiger partial charge in [0.15, 0.2) is 0 Å². The summed E-state index contributed by atoms with van der Waals surface area (Å²) >= 11 is 6.18. The van der Waals surface area contributed by atoms with E-state index < -0.39 is 0 Å². The number of H-pyrrole nitrogens is 1. The first-order valence-corrected chi connectivity index (χ1v) is 5.33. The predicted molar refractivity (Wildman–Crippen MR) is 64.5 cm³/mol. The summed E-state index contributed by atoms with van der Waals surface area (Å²) in [6.07, 6.45) is 1.62. The Bertz CT molecular complexity index is 675. The highest BCUT2D eigenvalue weighted by Gasteiger charge is 2.10. The average Bonchev–Trinajstić information content (AvgIpc) is 2.69. The summed E-state index contributed by atoms with van der Waals surface area (Å²) in [6.45, 7) is -0.100. The molecule has 1 aromatic carbocycles. The molecule has 0 aliphatic heterocycles. The van der Waals surface area contributed by atoms with Gasteiger partial charge in [-0.15, -0.1) is 0 Å². The highest BCUT2D eigenvalue weighted by Crippen LogP contribution is 2.30. The van der Waals surface area contributed by atoms with Gasteiger partial charge in [0, 0.05) is 22.7 Å². The lowest BCUT2D eigenvalue weighted by atomic mass is 10.2. The highest BCUT2D eigenvalue weighted by atomic mass is 35.5. The molecule has 0 spiro atoms.